The lowest BCUT2D eigenvalue weighted by Crippen LogP contribution is -2.42. The first-order valence-electron chi connectivity index (χ1n) is 6.49. The van der Waals surface area contributed by atoms with Crippen molar-refractivity contribution in [1.82, 2.24) is 10.2 Å². The molecule has 0 radical (unpaired) electrons. The summed E-state index contributed by atoms with van der Waals surface area (Å²) in [5.74, 6) is 1.59. The van der Waals surface area contributed by atoms with E-state index in [1.807, 2.05) is 11.8 Å². The number of thioether (sulfide) groups is 1. The second-order valence-electron chi connectivity index (χ2n) is 5.21. The maximum absolute atomic E-state index is 12.3. The molecule has 0 aromatic carbocycles. The highest BCUT2D eigenvalue weighted by Gasteiger charge is 2.34. The number of amides is 1. The van der Waals surface area contributed by atoms with Gasteiger partial charge in [0.25, 0.3) is 0 Å². The quantitative estimate of drug-likeness (QED) is 0.748. The standard InChI is InChI=1S/C12H20N2OS/c15-12(11-2-1-7-16-11)14-6-5-9-3-4-10(8-14)13-9/h9-11,13H,1-8H2. The van der Waals surface area contributed by atoms with Crippen molar-refractivity contribution in [2.45, 2.75) is 49.4 Å². The zero-order valence-electron chi connectivity index (χ0n) is 9.65. The number of carbonyl (C=O) groups excluding carboxylic acids is 1. The Labute approximate surface area is 101 Å². The highest BCUT2D eigenvalue weighted by Crippen LogP contribution is 2.29. The molecule has 3 unspecified atom stereocenters. The lowest BCUT2D eigenvalue weighted by Gasteiger charge is -2.26. The van der Waals surface area contributed by atoms with Gasteiger partial charge in [-0.2, -0.15) is 0 Å². The Bertz CT molecular complexity index is 278. The smallest absolute Gasteiger partial charge is 0.235 e. The molecule has 3 saturated heterocycles. The third-order valence-electron chi connectivity index (χ3n) is 4.04. The lowest BCUT2D eigenvalue weighted by molar-refractivity contribution is -0.130. The summed E-state index contributed by atoms with van der Waals surface area (Å²) in [5.41, 5.74) is 0. The Morgan fingerprint density at radius 3 is 2.88 bits per heavy atom. The highest BCUT2D eigenvalue weighted by molar-refractivity contribution is 8.00. The van der Waals surface area contributed by atoms with Gasteiger partial charge in [-0.3, -0.25) is 4.79 Å². The van der Waals surface area contributed by atoms with E-state index in [0.717, 1.165) is 25.9 Å². The van der Waals surface area contributed by atoms with Crippen LogP contribution in [-0.4, -0.2) is 47.0 Å². The van der Waals surface area contributed by atoms with Gasteiger partial charge in [0.05, 0.1) is 5.25 Å². The molecule has 1 amide bonds. The number of carbonyl (C=O) groups is 1. The van der Waals surface area contributed by atoms with Crippen LogP contribution in [0.1, 0.15) is 32.1 Å². The van der Waals surface area contributed by atoms with E-state index in [4.69, 9.17) is 0 Å². The van der Waals surface area contributed by atoms with E-state index in [1.54, 1.807) is 0 Å². The van der Waals surface area contributed by atoms with Crippen LogP contribution >= 0.6 is 11.8 Å². The molecule has 4 heteroatoms. The predicted molar refractivity (Wildman–Crippen MR) is 66.6 cm³/mol. The minimum atomic E-state index is 0.275. The summed E-state index contributed by atoms with van der Waals surface area (Å²) in [6, 6.07) is 1.25. The Kier molecular flexibility index (Phi) is 3.11. The van der Waals surface area contributed by atoms with Gasteiger partial charge in [0.15, 0.2) is 0 Å². The minimum absolute atomic E-state index is 0.275. The van der Waals surface area contributed by atoms with Gasteiger partial charge in [0.2, 0.25) is 5.91 Å². The molecule has 16 heavy (non-hydrogen) atoms. The maximum Gasteiger partial charge on any atom is 0.235 e. The SMILES string of the molecule is O=C(C1CCCS1)N1CCC2CCC(C1)N2. The molecule has 0 aliphatic carbocycles. The fraction of sp³-hybridized carbons (Fsp3) is 0.917. The number of hydrogen-bond acceptors (Lipinski definition) is 3. The monoisotopic (exact) mass is 240 g/mol. The highest BCUT2D eigenvalue weighted by atomic mass is 32.2. The van der Waals surface area contributed by atoms with E-state index in [0.29, 0.717) is 18.0 Å². The van der Waals surface area contributed by atoms with Crippen LogP contribution in [0, 0.1) is 0 Å². The molecule has 3 atom stereocenters. The number of nitrogens with one attached hydrogen (secondary N) is 1. The van der Waals surface area contributed by atoms with Gasteiger partial charge in [-0.15, -0.1) is 11.8 Å². The zero-order valence-corrected chi connectivity index (χ0v) is 10.5. The number of nitrogens with zero attached hydrogens (tertiary/aromatic N) is 1. The Hall–Kier alpha value is -0.220. The van der Waals surface area contributed by atoms with Gasteiger partial charge in [-0.05, 0) is 37.9 Å². The van der Waals surface area contributed by atoms with E-state index >= 15 is 0 Å². The summed E-state index contributed by atoms with van der Waals surface area (Å²) < 4.78 is 0. The van der Waals surface area contributed by atoms with Gasteiger partial charge in [0, 0.05) is 25.2 Å². The van der Waals surface area contributed by atoms with Crippen LogP contribution in [-0.2, 0) is 4.79 Å². The zero-order chi connectivity index (χ0) is 11.0. The van der Waals surface area contributed by atoms with Crippen LogP contribution < -0.4 is 5.32 Å². The third kappa shape index (κ3) is 2.09. The van der Waals surface area contributed by atoms with Crippen molar-refractivity contribution < 1.29 is 4.79 Å². The molecule has 3 aliphatic rings. The van der Waals surface area contributed by atoms with Crippen molar-refractivity contribution in [3.8, 4) is 0 Å². The summed E-state index contributed by atoms with van der Waals surface area (Å²) in [7, 11) is 0. The first-order chi connectivity index (χ1) is 7.83. The molecule has 3 fully saturated rings. The average molecular weight is 240 g/mol. The van der Waals surface area contributed by atoms with Gasteiger partial charge in [-0.1, -0.05) is 0 Å². The summed E-state index contributed by atoms with van der Waals surface area (Å²) in [4.78, 5) is 14.4. The van der Waals surface area contributed by atoms with Crippen LogP contribution in [0.2, 0.25) is 0 Å². The van der Waals surface area contributed by atoms with E-state index in [9.17, 15) is 4.79 Å². The van der Waals surface area contributed by atoms with Crippen molar-refractivity contribution in [3.05, 3.63) is 0 Å². The second-order valence-corrected chi connectivity index (χ2v) is 6.52. The Morgan fingerprint density at radius 1 is 1.19 bits per heavy atom. The molecular formula is C12H20N2OS. The van der Waals surface area contributed by atoms with E-state index < -0.39 is 0 Å². The number of fused-ring (bicyclic) bond motifs is 2. The normalized spacial score (nSPS) is 38.8. The van der Waals surface area contributed by atoms with Crippen LogP contribution in [0.5, 0.6) is 0 Å². The van der Waals surface area contributed by atoms with Crippen molar-refractivity contribution in [1.29, 1.82) is 0 Å². The Morgan fingerprint density at radius 2 is 2.06 bits per heavy atom. The van der Waals surface area contributed by atoms with E-state index in [1.165, 1.54) is 25.0 Å². The minimum Gasteiger partial charge on any atom is -0.340 e. The van der Waals surface area contributed by atoms with Crippen LogP contribution in [0.15, 0.2) is 0 Å². The van der Waals surface area contributed by atoms with Gasteiger partial charge < -0.3 is 10.2 Å². The fourth-order valence-corrected chi connectivity index (χ4v) is 4.36. The molecule has 90 valence electrons. The van der Waals surface area contributed by atoms with Gasteiger partial charge in [-0.25, -0.2) is 0 Å². The summed E-state index contributed by atoms with van der Waals surface area (Å²) >= 11 is 1.86. The van der Waals surface area contributed by atoms with Crippen molar-refractivity contribution in [2.24, 2.45) is 0 Å². The van der Waals surface area contributed by atoms with Crippen molar-refractivity contribution >= 4 is 17.7 Å². The van der Waals surface area contributed by atoms with Crippen LogP contribution in [0.25, 0.3) is 0 Å². The van der Waals surface area contributed by atoms with Crippen molar-refractivity contribution in [2.75, 3.05) is 18.8 Å². The summed E-state index contributed by atoms with van der Waals surface area (Å²) in [5, 5.41) is 3.90. The Balaban J connectivity index is 1.63. The van der Waals surface area contributed by atoms with Gasteiger partial charge in [0.1, 0.15) is 0 Å². The lowest BCUT2D eigenvalue weighted by atomic mass is 10.1. The molecule has 3 rings (SSSR count). The van der Waals surface area contributed by atoms with E-state index in [-0.39, 0.29) is 5.25 Å². The molecule has 0 saturated carbocycles. The second kappa shape index (κ2) is 4.57. The molecule has 0 aromatic heterocycles. The molecule has 3 heterocycles. The average Bonchev–Trinajstić information content (AvgIpc) is 2.87. The largest absolute Gasteiger partial charge is 0.340 e. The predicted octanol–water partition coefficient (Wildman–Crippen LogP) is 1.23. The van der Waals surface area contributed by atoms with Crippen LogP contribution in [0.3, 0.4) is 0 Å². The van der Waals surface area contributed by atoms with E-state index in [2.05, 4.69) is 10.2 Å². The molecule has 3 nitrogen and oxygen atoms in total. The molecular weight excluding hydrogens is 220 g/mol. The molecule has 3 aliphatic heterocycles. The van der Waals surface area contributed by atoms with Gasteiger partial charge >= 0.3 is 0 Å². The first-order valence-corrected chi connectivity index (χ1v) is 7.54. The summed E-state index contributed by atoms with van der Waals surface area (Å²) in [6.45, 7) is 1.93. The molecule has 0 aromatic rings. The molecule has 2 bridgehead atoms. The maximum atomic E-state index is 12.3. The molecule has 0 spiro atoms. The van der Waals surface area contributed by atoms with Crippen LogP contribution in [0.4, 0.5) is 0 Å². The topological polar surface area (TPSA) is 32.3 Å². The fourth-order valence-electron chi connectivity index (χ4n) is 3.12. The third-order valence-corrected chi connectivity index (χ3v) is 5.40. The number of rotatable bonds is 1. The first kappa shape index (κ1) is 10.9. The number of likely N-dealkylation sites (tertiary alicyclic amines) is 1. The number of hydrogen-bond donors (Lipinski definition) is 1. The molecule has 1 N–H and O–H groups in total. The summed E-state index contributed by atoms with van der Waals surface area (Å²) in [6.07, 6.45) is 6.04. The van der Waals surface area contributed by atoms with Crippen molar-refractivity contribution in [3.63, 3.8) is 0 Å².